The van der Waals surface area contributed by atoms with Crippen LogP contribution in [0.1, 0.15) is 99.9 Å². The molecule has 2 unspecified atom stereocenters. The summed E-state index contributed by atoms with van der Waals surface area (Å²) in [5.41, 5.74) is 2.99. The molecule has 4 nitrogen and oxygen atoms in total. The molecule has 0 saturated carbocycles. The van der Waals surface area contributed by atoms with Gasteiger partial charge in [0.2, 0.25) is 0 Å². The quantitative estimate of drug-likeness (QED) is 0.0810. The van der Waals surface area contributed by atoms with Gasteiger partial charge in [-0.1, -0.05) is 79.1 Å². The van der Waals surface area contributed by atoms with Crippen LogP contribution in [0.2, 0.25) is 0 Å². The minimum absolute atomic E-state index is 0.106. The topological polar surface area (TPSA) is 56.3 Å². The monoisotopic (exact) mass is 706 g/mol. The van der Waals surface area contributed by atoms with E-state index in [9.17, 15) is 10.5 Å². The highest BCUT2D eigenvalue weighted by Crippen LogP contribution is 2.48. The molecular weight excluding hydrogens is 665 g/mol. The van der Waals surface area contributed by atoms with Gasteiger partial charge in [0, 0.05) is 39.0 Å². The van der Waals surface area contributed by atoms with Crippen molar-refractivity contribution < 1.29 is 0 Å². The number of nitrogens with zero attached hydrogens (tertiary/aromatic N) is 4. The van der Waals surface area contributed by atoms with E-state index in [4.69, 9.17) is 13.1 Å². The van der Waals surface area contributed by atoms with E-state index < -0.39 is 0 Å². The summed E-state index contributed by atoms with van der Waals surface area (Å²) >= 11 is 7.02. The molecule has 0 amide bonds. The molecule has 8 heteroatoms. The number of allylic oxidation sites excluding steroid dienone is 2. The largest absolute Gasteiger partial charge is 0.263 e. The van der Waals surface area contributed by atoms with Crippen molar-refractivity contribution in [3.8, 4) is 41.4 Å². The smallest absolute Gasteiger partial charge is 0.227 e. The molecule has 4 rings (SSSR count). The van der Waals surface area contributed by atoms with Gasteiger partial charge in [0.25, 0.3) is 11.4 Å². The third-order valence-corrected chi connectivity index (χ3v) is 13.7. The van der Waals surface area contributed by atoms with Gasteiger partial charge in [-0.3, -0.25) is 0 Å². The molecule has 0 saturated heterocycles. The zero-order chi connectivity index (χ0) is 34.5. The highest BCUT2D eigenvalue weighted by molar-refractivity contribution is 7.29. The highest BCUT2D eigenvalue weighted by Gasteiger charge is 2.22. The van der Waals surface area contributed by atoms with Gasteiger partial charge in [-0.25, -0.2) is 20.2 Å². The highest BCUT2D eigenvalue weighted by atomic mass is 32.1. The molecule has 0 aliphatic rings. The Hall–Kier alpha value is -3.76. The Labute approximate surface area is 303 Å². The van der Waals surface area contributed by atoms with E-state index in [1.165, 1.54) is 78.9 Å². The second kappa shape index (κ2) is 18.7. The summed E-state index contributed by atoms with van der Waals surface area (Å²) in [7, 11) is 0. The lowest BCUT2D eigenvalue weighted by Crippen LogP contribution is -2.03. The summed E-state index contributed by atoms with van der Waals surface area (Å²) in [5.74, 6) is 1.25. The minimum atomic E-state index is 0.106. The van der Waals surface area contributed by atoms with E-state index in [2.05, 4.69) is 61.7 Å². The molecule has 0 aromatic carbocycles. The lowest BCUT2D eigenvalue weighted by molar-refractivity contribution is 0.450. The molecule has 4 aromatic rings. The van der Waals surface area contributed by atoms with Gasteiger partial charge in [0.05, 0.1) is 25.3 Å². The molecule has 0 bridgehead atoms. The van der Waals surface area contributed by atoms with E-state index in [0.717, 1.165) is 35.4 Å². The molecule has 0 radical (unpaired) electrons. The third-order valence-electron chi connectivity index (χ3n) is 8.69. The second-order valence-electron chi connectivity index (χ2n) is 12.1. The summed E-state index contributed by atoms with van der Waals surface area (Å²) in [6.45, 7) is 23.7. The normalized spacial score (nSPS) is 13.0. The van der Waals surface area contributed by atoms with Crippen LogP contribution in [0.15, 0.2) is 47.8 Å². The van der Waals surface area contributed by atoms with Crippen molar-refractivity contribution in [3.63, 3.8) is 0 Å². The van der Waals surface area contributed by atoms with Crippen molar-refractivity contribution >= 4 is 57.5 Å². The molecule has 4 heterocycles. The van der Waals surface area contributed by atoms with Crippen LogP contribution < -0.4 is 0 Å². The zero-order valence-corrected chi connectivity index (χ0v) is 31.5. The van der Waals surface area contributed by atoms with Crippen LogP contribution in [0.5, 0.6) is 0 Å². The molecular formula is C40H42N4S4. The van der Waals surface area contributed by atoms with Gasteiger partial charge >= 0.3 is 0 Å². The maximum Gasteiger partial charge on any atom is 0.263 e. The lowest BCUT2D eigenvalue weighted by atomic mass is 9.91. The first-order chi connectivity index (χ1) is 23.4. The fourth-order valence-electron chi connectivity index (χ4n) is 5.88. The molecule has 0 aliphatic heterocycles. The Bertz CT molecular complexity index is 1730. The first-order valence-electron chi connectivity index (χ1n) is 16.8. The Morgan fingerprint density at radius 3 is 1.42 bits per heavy atom. The maximum absolute atomic E-state index is 9.31. The van der Waals surface area contributed by atoms with Crippen molar-refractivity contribution in [2.45, 2.75) is 91.9 Å². The van der Waals surface area contributed by atoms with E-state index >= 15 is 0 Å². The third kappa shape index (κ3) is 9.66. The Balaban J connectivity index is 1.81. The van der Waals surface area contributed by atoms with Gasteiger partial charge in [-0.2, -0.15) is 0 Å². The SMILES string of the molecule is [C-]#[N+]/C(C#N)=C\c1ccc(-c2sc(-c3cc(CC(CC)CCCC)c(-c4ccc(/C=C(\C#N)[N+]#[C-])s4)s3)cc2CC(CC)CCCC)s1. The van der Waals surface area contributed by atoms with Crippen molar-refractivity contribution in [1.29, 1.82) is 10.5 Å². The van der Waals surface area contributed by atoms with Crippen molar-refractivity contribution in [3.05, 3.63) is 91.5 Å². The lowest BCUT2D eigenvalue weighted by Gasteiger charge is -2.14. The molecule has 0 spiro atoms. The van der Waals surface area contributed by atoms with Gasteiger partial charge in [0.15, 0.2) is 0 Å². The summed E-state index contributed by atoms with van der Waals surface area (Å²) in [4.78, 5) is 16.1. The Kier molecular flexibility index (Phi) is 14.4. The first-order valence-corrected chi connectivity index (χ1v) is 20.1. The van der Waals surface area contributed by atoms with Crippen LogP contribution in [-0.4, -0.2) is 0 Å². The number of thiophene rings is 4. The fraction of sp³-hybridized carbons (Fsp3) is 0.400. The minimum Gasteiger partial charge on any atom is -0.227 e. The van der Waals surface area contributed by atoms with Gasteiger partial charge < -0.3 is 0 Å². The van der Waals surface area contributed by atoms with E-state index in [0.29, 0.717) is 11.8 Å². The molecule has 246 valence electrons. The van der Waals surface area contributed by atoms with Crippen LogP contribution in [0, 0.1) is 47.6 Å². The van der Waals surface area contributed by atoms with Crippen LogP contribution in [0.4, 0.5) is 0 Å². The number of rotatable bonds is 17. The molecule has 0 aliphatic carbocycles. The van der Waals surface area contributed by atoms with Gasteiger partial charge in [-0.05, 0) is 84.4 Å². The van der Waals surface area contributed by atoms with Crippen molar-refractivity contribution in [2.24, 2.45) is 11.8 Å². The van der Waals surface area contributed by atoms with E-state index in [1.54, 1.807) is 34.8 Å². The van der Waals surface area contributed by atoms with Crippen LogP contribution in [-0.2, 0) is 12.8 Å². The predicted octanol–water partition coefficient (Wildman–Crippen LogP) is 14.0. The fourth-order valence-corrected chi connectivity index (χ4v) is 10.5. The van der Waals surface area contributed by atoms with E-state index in [1.807, 2.05) is 46.9 Å². The number of nitriles is 2. The summed E-state index contributed by atoms with van der Waals surface area (Å²) in [6, 6.07) is 17.2. The van der Waals surface area contributed by atoms with E-state index in [-0.39, 0.29) is 11.4 Å². The molecule has 2 atom stereocenters. The molecule has 48 heavy (non-hydrogen) atoms. The van der Waals surface area contributed by atoms with Crippen LogP contribution in [0.3, 0.4) is 0 Å². The van der Waals surface area contributed by atoms with Crippen molar-refractivity contribution in [1.82, 2.24) is 0 Å². The molecule has 0 fully saturated rings. The second-order valence-corrected chi connectivity index (χ2v) is 16.4. The summed E-state index contributed by atoms with van der Waals surface area (Å²) < 4.78 is 0. The number of hydrogen-bond donors (Lipinski definition) is 0. The summed E-state index contributed by atoms with van der Waals surface area (Å²) in [6.07, 6.45) is 15.1. The van der Waals surface area contributed by atoms with Gasteiger partial charge in [-0.15, -0.1) is 45.3 Å². The first kappa shape index (κ1) is 37.1. The summed E-state index contributed by atoms with van der Waals surface area (Å²) in [5, 5.41) is 18.6. The predicted molar refractivity (Wildman–Crippen MR) is 209 cm³/mol. The Morgan fingerprint density at radius 2 is 1.08 bits per heavy atom. The molecule has 4 aromatic heterocycles. The van der Waals surface area contributed by atoms with Gasteiger partial charge in [0.1, 0.15) is 0 Å². The number of hydrogen-bond acceptors (Lipinski definition) is 6. The zero-order valence-electron chi connectivity index (χ0n) is 28.3. The number of unbranched alkanes of at least 4 members (excludes halogenated alkanes) is 2. The maximum atomic E-state index is 9.31. The standard InChI is InChI=1S/C40H42N4S4/c1-7-11-13-27(9-3)19-29-21-37(47-39(29)35-17-15-33(45-35)23-31(25-41)43-5)38-22-30(20-28(10-4)14-12-8-2)40(48-38)36-18-16-34(46-36)24-32(26-42)44-6/h15-18,21-24,27-28H,7-14,19-20H2,1-4H3/b31-23-,32-24+. The van der Waals surface area contributed by atoms with Crippen LogP contribution >= 0.6 is 45.3 Å². The average Bonchev–Trinajstić information content (AvgIpc) is 3.92. The molecule has 0 N–H and O–H groups in total. The van der Waals surface area contributed by atoms with Crippen LogP contribution in [0.25, 0.3) is 51.1 Å². The van der Waals surface area contributed by atoms with Crippen molar-refractivity contribution in [2.75, 3.05) is 0 Å². The Morgan fingerprint density at radius 1 is 0.667 bits per heavy atom. The average molecular weight is 707 g/mol.